The van der Waals surface area contributed by atoms with Gasteiger partial charge in [-0.15, -0.1) is 0 Å². The van der Waals surface area contributed by atoms with E-state index in [4.69, 9.17) is 0 Å². The molecule has 0 unspecified atom stereocenters. The van der Waals surface area contributed by atoms with Crippen molar-refractivity contribution in [1.82, 2.24) is 0 Å². The predicted molar refractivity (Wildman–Crippen MR) is 113 cm³/mol. The molecule has 2 aromatic rings. The van der Waals surface area contributed by atoms with Crippen LogP contribution in [0, 0.1) is 5.41 Å². The minimum Gasteiger partial charge on any atom is -0.326 e. The second-order valence-corrected chi connectivity index (χ2v) is 7.05. The third-order valence-electron chi connectivity index (χ3n) is 4.06. The minimum atomic E-state index is -1.34. The largest absolute Gasteiger partial charge is 0.326 e. The van der Waals surface area contributed by atoms with Gasteiger partial charge in [0.1, 0.15) is 5.41 Å². The highest BCUT2D eigenvalue weighted by atomic mass is 16.2. The molecule has 8 heteroatoms. The van der Waals surface area contributed by atoms with Crippen LogP contribution in [-0.2, 0) is 19.2 Å². The first-order valence-electron chi connectivity index (χ1n) is 8.96. The van der Waals surface area contributed by atoms with E-state index in [0.29, 0.717) is 22.7 Å². The first kappa shape index (κ1) is 21.6. The van der Waals surface area contributed by atoms with Crippen LogP contribution in [0.5, 0.6) is 0 Å². The first-order valence-corrected chi connectivity index (χ1v) is 8.96. The van der Waals surface area contributed by atoms with Gasteiger partial charge in [-0.25, -0.2) is 0 Å². The highest BCUT2D eigenvalue weighted by Gasteiger charge is 2.36. The molecule has 0 spiro atoms. The SMILES string of the molecule is CC(=O)Nc1ccc(NC(=O)C(C)(C)C(=O)Nc2ccc(NC(C)=O)cc2)cc1. The van der Waals surface area contributed by atoms with E-state index in [1.54, 1.807) is 48.5 Å². The van der Waals surface area contributed by atoms with Gasteiger partial charge >= 0.3 is 0 Å². The molecule has 0 radical (unpaired) electrons. The fourth-order valence-corrected chi connectivity index (χ4v) is 2.36. The molecule has 0 aliphatic heterocycles. The summed E-state index contributed by atoms with van der Waals surface area (Å²) in [5.41, 5.74) is 0.881. The van der Waals surface area contributed by atoms with Crippen LogP contribution < -0.4 is 21.3 Å². The lowest BCUT2D eigenvalue weighted by Gasteiger charge is -2.23. The van der Waals surface area contributed by atoms with Crippen molar-refractivity contribution in [3.05, 3.63) is 48.5 Å². The van der Waals surface area contributed by atoms with Crippen molar-refractivity contribution in [3.8, 4) is 0 Å². The number of hydrogen-bond acceptors (Lipinski definition) is 4. The van der Waals surface area contributed by atoms with E-state index in [0.717, 1.165) is 0 Å². The molecule has 0 aromatic heterocycles. The monoisotopic (exact) mass is 396 g/mol. The van der Waals surface area contributed by atoms with E-state index in [9.17, 15) is 19.2 Å². The van der Waals surface area contributed by atoms with Crippen molar-refractivity contribution in [2.45, 2.75) is 27.7 Å². The maximum Gasteiger partial charge on any atom is 0.239 e. The number of carbonyl (C=O) groups excluding carboxylic acids is 4. The molecule has 152 valence electrons. The van der Waals surface area contributed by atoms with E-state index >= 15 is 0 Å². The molecule has 4 N–H and O–H groups in total. The quantitative estimate of drug-likeness (QED) is 0.561. The summed E-state index contributed by atoms with van der Waals surface area (Å²) in [6, 6.07) is 13.2. The zero-order valence-electron chi connectivity index (χ0n) is 16.8. The molecule has 29 heavy (non-hydrogen) atoms. The Balaban J connectivity index is 2.00. The van der Waals surface area contributed by atoms with Crippen LogP contribution >= 0.6 is 0 Å². The van der Waals surface area contributed by atoms with Crippen molar-refractivity contribution < 1.29 is 19.2 Å². The number of amides is 4. The second kappa shape index (κ2) is 9.01. The van der Waals surface area contributed by atoms with E-state index in [-0.39, 0.29) is 11.8 Å². The van der Waals surface area contributed by atoms with Gasteiger partial charge in [-0.05, 0) is 62.4 Å². The molecule has 0 bridgehead atoms. The van der Waals surface area contributed by atoms with Gasteiger partial charge in [-0.2, -0.15) is 0 Å². The van der Waals surface area contributed by atoms with Crippen LogP contribution in [0.25, 0.3) is 0 Å². The van der Waals surface area contributed by atoms with E-state index in [2.05, 4.69) is 21.3 Å². The molecule has 8 nitrogen and oxygen atoms in total. The fraction of sp³-hybridized carbons (Fsp3) is 0.238. The molecule has 0 fully saturated rings. The summed E-state index contributed by atoms with van der Waals surface area (Å²) in [5, 5.41) is 10.7. The Kier molecular flexibility index (Phi) is 6.71. The average molecular weight is 396 g/mol. The molecule has 4 amide bonds. The number of rotatable bonds is 6. The number of carbonyl (C=O) groups is 4. The van der Waals surface area contributed by atoms with Crippen molar-refractivity contribution in [3.63, 3.8) is 0 Å². The van der Waals surface area contributed by atoms with Crippen LogP contribution in [-0.4, -0.2) is 23.6 Å². The highest BCUT2D eigenvalue weighted by molar-refractivity contribution is 6.14. The number of nitrogens with one attached hydrogen (secondary N) is 4. The minimum absolute atomic E-state index is 0.190. The summed E-state index contributed by atoms with van der Waals surface area (Å²) >= 11 is 0. The lowest BCUT2D eigenvalue weighted by molar-refractivity contribution is -0.135. The third kappa shape index (κ3) is 6.17. The summed E-state index contributed by atoms with van der Waals surface area (Å²) in [6.45, 7) is 5.86. The first-order chi connectivity index (χ1) is 13.6. The molecule has 2 rings (SSSR count). The number of anilines is 4. The maximum atomic E-state index is 12.6. The summed E-state index contributed by atoms with van der Waals surface area (Å²) in [6.07, 6.45) is 0. The van der Waals surface area contributed by atoms with E-state index in [1.807, 2.05) is 0 Å². The molecule has 0 saturated carbocycles. The lowest BCUT2D eigenvalue weighted by Crippen LogP contribution is -2.41. The van der Waals surface area contributed by atoms with E-state index in [1.165, 1.54) is 27.7 Å². The number of benzene rings is 2. The van der Waals surface area contributed by atoms with Gasteiger partial charge in [0.2, 0.25) is 23.6 Å². The van der Waals surface area contributed by atoms with Gasteiger partial charge in [-0.1, -0.05) is 0 Å². The maximum absolute atomic E-state index is 12.6. The van der Waals surface area contributed by atoms with Crippen molar-refractivity contribution in [2.75, 3.05) is 21.3 Å². The van der Waals surface area contributed by atoms with Crippen molar-refractivity contribution >= 4 is 46.4 Å². The standard InChI is InChI=1S/C21H24N4O4/c1-13(26)22-15-5-9-17(10-6-15)24-19(28)21(3,4)20(29)25-18-11-7-16(8-12-18)23-14(2)27/h5-12H,1-4H3,(H,22,26)(H,23,27)(H,24,28)(H,25,29). The zero-order valence-corrected chi connectivity index (χ0v) is 16.8. The Labute approximate surface area is 169 Å². The fourth-order valence-electron chi connectivity index (χ4n) is 2.36. The second-order valence-electron chi connectivity index (χ2n) is 7.05. The Morgan fingerprint density at radius 1 is 0.552 bits per heavy atom. The van der Waals surface area contributed by atoms with Gasteiger partial charge in [0.05, 0.1) is 0 Å². The Morgan fingerprint density at radius 3 is 1.03 bits per heavy atom. The Hall–Kier alpha value is -3.68. The third-order valence-corrected chi connectivity index (χ3v) is 4.06. The van der Waals surface area contributed by atoms with Gasteiger partial charge in [-0.3, -0.25) is 19.2 Å². The van der Waals surface area contributed by atoms with Crippen LogP contribution in [0.2, 0.25) is 0 Å². The van der Waals surface area contributed by atoms with Crippen LogP contribution in [0.15, 0.2) is 48.5 Å². The average Bonchev–Trinajstić information content (AvgIpc) is 2.64. The van der Waals surface area contributed by atoms with Crippen LogP contribution in [0.4, 0.5) is 22.7 Å². The summed E-state index contributed by atoms with van der Waals surface area (Å²) in [5.74, 6) is -1.33. The Morgan fingerprint density at radius 2 is 0.793 bits per heavy atom. The predicted octanol–water partition coefficient (Wildman–Crippen LogP) is 3.21. The zero-order chi connectivity index (χ0) is 21.6. The van der Waals surface area contributed by atoms with Gasteiger partial charge in [0.25, 0.3) is 0 Å². The van der Waals surface area contributed by atoms with Crippen LogP contribution in [0.1, 0.15) is 27.7 Å². The molecule has 0 atom stereocenters. The van der Waals surface area contributed by atoms with Crippen LogP contribution in [0.3, 0.4) is 0 Å². The van der Waals surface area contributed by atoms with Gasteiger partial charge in [0.15, 0.2) is 0 Å². The normalized spacial score (nSPS) is 10.6. The number of hydrogen-bond donors (Lipinski definition) is 4. The van der Waals surface area contributed by atoms with Gasteiger partial charge in [0, 0.05) is 36.6 Å². The summed E-state index contributed by atoms with van der Waals surface area (Å²) in [4.78, 5) is 47.3. The molecular weight excluding hydrogens is 372 g/mol. The lowest BCUT2D eigenvalue weighted by atomic mass is 9.90. The summed E-state index contributed by atoms with van der Waals surface area (Å²) in [7, 11) is 0. The molecule has 0 saturated heterocycles. The smallest absolute Gasteiger partial charge is 0.239 e. The Bertz CT molecular complexity index is 843. The highest BCUT2D eigenvalue weighted by Crippen LogP contribution is 2.23. The molecular formula is C21H24N4O4. The van der Waals surface area contributed by atoms with Crippen molar-refractivity contribution in [1.29, 1.82) is 0 Å². The molecule has 2 aromatic carbocycles. The van der Waals surface area contributed by atoms with Crippen molar-refractivity contribution in [2.24, 2.45) is 5.41 Å². The topological polar surface area (TPSA) is 116 Å². The van der Waals surface area contributed by atoms with Gasteiger partial charge < -0.3 is 21.3 Å². The molecule has 0 heterocycles. The molecule has 0 aliphatic carbocycles. The summed E-state index contributed by atoms with van der Waals surface area (Å²) < 4.78 is 0. The van der Waals surface area contributed by atoms with E-state index < -0.39 is 17.2 Å². The molecule has 0 aliphatic rings.